The number of esters is 1. The maximum atomic E-state index is 11.3. The predicted molar refractivity (Wildman–Crippen MR) is 63.7 cm³/mol. The maximum Gasteiger partial charge on any atom is 0.360 e. The molecule has 1 aliphatic heterocycles. The number of rotatable bonds is 2. The summed E-state index contributed by atoms with van der Waals surface area (Å²) in [5.74, 6) is 0.825. The van der Waals surface area contributed by atoms with Crippen LogP contribution in [0.2, 0.25) is 0 Å². The summed E-state index contributed by atoms with van der Waals surface area (Å²) in [6.45, 7) is 1.06. The van der Waals surface area contributed by atoms with Gasteiger partial charge in [0.05, 0.1) is 19.0 Å². The van der Waals surface area contributed by atoms with Crippen LogP contribution in [-0.4, -0.2) is 41.3 Å². The average molecular weight is 261 g/mol. The lowest BCUT2D eigenvalue weighted by atomic mass is 10.2. The van der Waals surface area contributed by atoms with Crippen molar-refractivity contribution < 1.29 is 19.0 Å². The van der Waals surface area contributed by atoms with E-state index in [1.54, 1.807) is 12.1 Å². The predicted octanol–water partition coefficient (Wildman–Crippen LogP) is 0.825. The van der Waals surface area contributed by atoms with Gasteiger partial charge >= 0.3 is 5.97 Å². The summed E-state index contributed by atoms with van der Waals surface area (Å²) >= 11 is 0. The van der Waals surface area contributed by atoms with E-state index in [4.69, 9.17) is 9.47 Å². The van der Waals surface area contributed by atoms with Gasteiger partial charge in [0.1, 0.15) is 13.2 Å². The van der Waals surface area contributed by atoms with Crippen molar-refractivity contribution in [2.24, 2.45) is 0 Å². The van der Waals surface area contributed by atoms with Crippen molar-refractivity contribution in [2.45, 2.75) is 0 Å². The highest BCUT2D eigenvalue weighted by atomic mass is 16.6. The zero-order valence-electron chi connectivity index (χ0n) is 10.2. The van der Waals surface area contributed by atoms with Gasteiger partial charge in [-0.3, -0.25) is 0 Å². The molecule has 0 saturated heterocycles. The third kappa shape index (κ3) is 2.10. The Labute approximate surface area is 108 Å². The fourth-order valence-corrected chi connectivity index (χ4v) is 1.76. The van der Waals surface area contributed by atoms with Crippen LogP contribution in [0.15, 0.2) is 24.4 Å². The summed E-state index contributed by atoms with van der Waals surface area (Å²) in [7, 11) is 1.30. The van der Waals surface area contributed by atoms with Crippen molar-refractivity contribution in [1.29, 1.82) is 0 Å². The van der Waals surface area contributed by atoms with Crippen molar-refractivity contribution in [3.8, 4) is 17.2 Å². The zero-order chi connectivity index (χ0) is 13.2. The number of aromatic nitrogens is 3. The minimum absolute atomic E-state index is 0.150. The molecule has 0 N–H and O–H groups in total. The van der Waals surface area contributed by atoms with E-state index in [-0.39, 0.29) is 5.69 Å². The lowest BCUT2D eigenvalue weighted by Gasteiger charge is -2.18. The summed E-state index contributed by atoms with van der Waals surface area (Å²) in [5, 5.41) is 7.62. The van der Waals surface area contributed by atoms with E-state index in [1.165, 1.54) is 18.0 Å². The Hall–Kier alpha value is -2.57. The number of hydrogen-bond acceptors (Lipinski definition) is 6. The van der Waals surface area contributed by atoms with Gasteiger partial charge in [-0.25, -0.2) is 9.48 Å². The highest BCUT2D eigenvalue weighted by Crippen LogP contribution is 2.31. The molecule has 0 spiro atoms. The van der Waals surface area contributed by atoms with Gasteiger partial charge in [0.15, 0.2) is 17.2 Å². The molecule has 0 fully saturated rings. The van der Waals surface area contributed by atoms with Gasteiger partial charge in [-0.05, 0) is 12.1 Å². The molecule has 98 valence electrons. The van der Waals surface area contributed by atoms with Crippen LogP contribution in [0.3, 0.4) is 0 Å². The SMILES string of the molecule is COC(=O)c1cn(-c2ccc3c(c2)OCCO3)nn1. The van der Waals surface area contributed by atoms with Crippen molar-refractivity contribution in [3.05, 3.63) is 30.1 Å². The number of carbonyl (C=O) groups excluding carboxylic acids is 1. The topological polar surface area (TPSA) is 75.5 Å². The van der Waals surface area contributed by atoms with Crippen LogP contribution in [0.4, 0.5) is 0 Å². The highest BCUT2D eigenvalue weighted by molar-refractivity contribution is 5.86. The second kappa shape index (κ2) is 4.60. The van der Waals surface area contributed by atoms with E-state index in [1.807, 2.05) is 6.07 Å². The van der Waals surface area contributed by atoms with Crippen LogP contribution < -0.4 is 9.47 Å². The number of benzene rings is 1. The smallest absolute Gasteiger partial charge is 0.360 e. The van der Waals surface area contributed by atoms with Crippen LogP contribution in [0.1, 0.15) is 10.5 Å². The third-order valence-corrected chi connectivity index (χ3v) is 2.68. The van der Waals surface area contributed by atoms with Crippen molar-refractivity contribution in [3.63, 3.8) is 0 Å². The summed E-state index contributed by atoms with van der Waals surface area (Å²) in [6.07, 6.45) is 1.50. The van der Waals surface area contributed by atoms with Gasteiger partial charge < -0.3 is 14.2 Å². The molecule has 0 saturated carbocycles. The summed E-state index contributed by atoms with van der Waals surface area (Å²) in [5.41, 5.74) is 0.879. The van der Waals surface area contributed by atoms with E-state index in [0.717, 1.165) is 5.69 Å². The lowest BCUT2D eigenvalue weighted by molar-refractivity contribution is 0.0594. The fourth-order valence-electron chi connectivity index (χ4n) is 1.76. The Bertz CT molecular complexity index is 623. The van der Waals surface area contributed by atoms with Gasteiger partial charge in [0.25, 0.3) is 0 Å². The molecule has 19 heavy (non-hydrogen) atoms. The number of fused-ring (bicyclic) bond motifs is 1. The molecule has 0 unspecified atom stereocenters. The monoisotopic (exact) mass is 261 g/mol. The van der Waals surface area contributed by atoms with E-state index >= 15 is 0 Å². The Balaban J connectivity index is 1.93. The van der Waals surface area contributed by atoms with Crippen LogP contribution in [0, 0.1) is 0 Å². The number of hydrogen-bond donors (Lipinski definition) is 0. The fraction of sp³-hybridized carbons (Fsp3) is 0.250. The van der Waals surface area contributed by atoms with Crippen molar-refractivity contribution in [2.75, 3.05) is 20.3 Å². The molecule has 2 heterocycles. The molecule has 1 aliphatic rings. The number of carbonyl (C=O) groups is 1. The Morgan fingerprint density at radius 2 is 2.11 bits per heavy atom. The van der Waals surface area contributed by atoms with Crippen LogP contribution in [-0.2, 0) is 4.74 Å². The summed E-state index contributed by atoms with van der Waals surface area (Å²) in [6, 6.07) is 5.39. The van der Waals surface area contributed by atoms with E-state index in [9.17, 15) is 4.79 Å². The molecule has 7 nitrogen and oxygen atoms in total. The van der Waals surface area contributed by atoms with Gasteiger partial charge in [-0.1, -0.05) is 5.21 Å². The van der Waals surface area contributed by atoms with Crippen LogP contribution >= 0.6 is 0 Å². The summed E-state index contributed by atoms with van der Waals surface area (Å²) < 4.78 is 17.0. The third-order valence-electron chi connectivity index (χ3n) is 2.68. The van der Waals surface area contributed by atoms with Gasteiger partial charge in [-0.2, -0.15) is 0 Å². The molecule has 0 radical (unpaired) electrons. The zero-order valence-corrected chi connectivity index (χ0v) is 10.2. The molecule has 3 rings (SSSR count). The molecule has 0 atom stereocenters. The van der Waals surface area contributed by atoms with Crippen LogP contribution in [0.25, 0.3) is 5.69 Å². The Morgan fingerprint density at radius 1 is 1.32 bits per heavy atom. The molecule has 7 heteroatoms. The molecule has 2 aromatic rings. The number of ether oxygens (including phenoxy) is 3. The van der Waals surface area contributed by atoms with Crippen molar-refractivity contribution >= 4 is 5.97 Å². The average Bonchev–Trinajstić information content (AvgIpc) is 2.95. The normalized spacial score (nSPS) is 13.1. The highest BCUT2D eigenvalue weighted by Gasteiger charge is 2.15. The standard InChI is InChI=1S/C12H11N3O4/c1-17-12(16)9-7-15(14-13-9)8-2-3-10-11(6-8)19-5-4-18-10/h2-3,6-7H,4-5H2,1H3. The van der Waals surface area contributed by atoms with Gasteiger partial charge in [0, 0.05) is 6.07 Å². The first-order valence-corrected chi connectivity index (χ1v) is 5.68. The summed E-state index contributed by atoms with van der Waals surface area (Å²) in [4.78, 5) is 11.3. The van der Waals surface area contributed by atoms with E-state index < -0.39 is 5.97 Å². The first-order chi connectivity index (χ1) is 9.28. The molecule has 0 amide bonds. The number of methoxy groups -OCH3 is 1. The quantitative estimate of drug-likeness (QED) is 0.745. The minimum atomic E-state index is -0.524. The van der Waals surface area contributed by atoms with E-state index in [0.29, 0.717) is 24.7 Å². The Kier molecular flexibility index (Phi) is 2.79. The second-order valence-corrected chi connectivity index (χ2v) is 3.87. The lowest BCUT2D eigenvalue weighted by Crippen LogP contribution is -2.15. The Morgan fingerprint density at radius 3 is 2.89 bits per heavy atom. The van der Waals surface area contributed by atoms with E-state index in [2.05, 4.69) is 15.0 Å². The molecule has 1 aromatic carbocycles. The molecule has 0 bridgehead atoms. The first kappa shape index (κ1) is 11.5. The molecular formula is C12H11N3O4. The molecular weight excluding hydrogens is 250 g/mol. The van der Waals surface area contributed by atoms with Gasteiger partial charge in [-0.15, -0.1) is 5.10 Å². The number of nitrogens with zero attached hydrogens (tertiary/aromatic N) is 3. The first-order valence-electron chi connectivity index (χ1n) is 5.68. The maximum absolute atomic E-state index is 11.3. The van der Waals surface area contributed by atoms with Crippen molar-refractivity contribution in [1.82, 2.24) is 15.0 Å². The molecule has 0 aliphatic carbocycles. The second-order valence-electron chi connectivity index (χ2n) is 3.87. The minimum Gasteiger partial charge on any atom is -0.486 e. The molecule has 1 aromatic heterocycles. The van der Waals surface area contributed by atoms with Crippen LogP contribution in [0.5, 0.6) is 11.5 Å². The van der Waals surface area contributed by atoms with Gasteiger partial charge in [0.2, 0.25) is 0 Å². The largest absolute Gasteiger partial charge is 0.486 e.